The lowest BCUT2D eigenvalue weighted by Crippen LogP contribution is -2.34. The molecule has 0 radical (unpaired) electrons. The second kappa shape index (κ2) is 7.30. The molecule has 4 rings (SSSR count). The maximum Gasteiger partial charge on any atom is 0.235 e. The zero-order chi connectivity index (χ0) is 17.9. The Morgan fingerprint density at radius 2 is 1.81 bits per heavy atom. The molecular formula is C21H23N3O2. The lowest BCUT2D eigenvalue weighted by Gasteiger charge is -2.26. The van der Waals surface area contributed by atoms with Gasteiger partial charge in [-0.2, -0.15) is 0 Å². The van der Waals surface area contributed by atoms with E-state index in [2.05, 4.69) is 34.5 Å². The van der Waals surface area contributed by atoms with Gasteiger partial charge in [-0.15, -0.1) is 0 Å². The summed E-state index contributed by atoms with van der Waals surface area (Å²) in [5, 5.41) is 2.82. The molecule has 2 amide bonds. The SMILES string of the molecule is O=C1CN(Cc2cccc(N3C(=O)CC[C@H]3Cc3ccccc3)c2)CN1. The van der Waals surface area contributed by atoms with Crippen LogP contribution in [0.1, 0.15) is 24.0 Å². The molecule has 0 bridgehead atoms. The van der Waals surface area contributed by atoms with Gasteiger partial charge in [0.2, 0.25) is 11.8 Å². The number of amides is 2. The highest BCUT2D eigenvalue weighted by molar-refractivity contribution is 5.96. The predicted molar refractivity (Wildman–Crippen MR) is 101 cm³/mol. The van der Waals surface area contributed by atoms with Gasteiger partial charge in [0, 0.05) is 24.7 Å². The van der Waals surface area contributed by atoms with Crippen LogP contribution in [-0.4, -0.2) is 36.0 Å². The van der Waals surface area contributed by atoms with E-state index in [-0.39, 0.29) is 17.9 Å². The van der Waals surface area contributed by atoms with Crippen LogP contribution in [0.5, 0.6) is 0 Å². The smallest absolute Gasteiger partial charge is 0.235 e. The Kier molecular flexibility index (Phi) is 4.71. The molecule has 2 saturated heterocycles. The number of nitrogens with zero attached hydrogens (tertiary/aromatic N) is 2. The molecule has 0 unspecified atom stereocenters. The van der Waals surface area contributed by atoms with Gasteiger partial charge in [-0.25, -0.2) is 0 Å². The van der Waals surface area contributed by atoms with Crippen molar-refractivity contribution < 1.29 is 9.59 Å². The highest BCUT2D eigenvalue weighted by Gasteiger charge is 2.32. The maximum absolute atomic E-state index is 12.5. The molecule has 134 valence electrons. The van der Waals surface area contributed by atoms with Gasteiger partial charge in [0.05, 0.1) is 13.2 Å². The molecule has 5 heteroatoms. The zero-order valence-electron chi connectivity index (χ0n) is 14.7. The van der Waals surface area contributed by atoms with Crippen molar-refractivity contribution in [3.8, 4) is 0 Å². The van der Waals surface area contributed by atoms with E-state index < -0.39 is 0 Å². The molecule has 0 aromatic heterocycles. The number of hydrogen-bond acceptors (Lipinski definition) is 3. The normalized spacial score (nSPS) is 20.6. The number of carbonyl (C=O) groups is 2. The van der Waals surface area contributed by atoms with Gasteiger partial charge in [0.1, 0.15) is 0 Å². The highest BCUT2D eigenvalue weighted by atomic mass is 16.2. The van der Waals surface area contributed by atoms with Gasteiger partial charge in [-0.3, -0.25) is 14.5 Å². The van der Waals surface area contributed by atoms with Gasteiger partial charge in [0.15, 0.2) is 0 Å². The van der Waals surface area contributed by atoms with E-state index >= 15 is 0 Å². The molecule has 5 nitrogen and oxygen atoms in total. The summed E-state index contributed by atoms with van der Waals surface area (Å²) < 4.78 is 0. The second-order valence-corrected chi connectivity index (χ2v) is 7.06. The predicted octanol–water partition coefficient (Wildman–Crippen LogP) is 2.31. The summed E-state index contributed by atoms with van der Waals surface area (Å²) in [6, 6.07) is 18.7. The first-order valence-electron chi connectivity index (χ1n) is 9.13. The van der Waals surface area contributed by atoms with E-state index in [0.717, 1.165) is 24.1 Å². The van der Waals surface area contributed by atoms with Crippen molar-refractivity contribution in [2.24, 2.45) is 0 Å². The topological polar surface area (TPSA) is 52.7 Å². The fourth-order valence-electron chi connectivity index (χ4n) is 3.87. The Labute approximate surface area is 153 Å². The van der Waals surface area contributed by atoms with E-state index in [9.17, 15) is 9.59 Å². The van der Waals surface area contributed by atoms with Crippen LogP contribution in [0, 0.1) is 0 Å². The summed E-state index contributed by atoms with van der Waals surface area (Å²) in [5.74, 6) is 0.264. The number of benzene rings is 2. The molecule has 2 aliphatic rings. The number of anilines is 1. The molecule has 0 spiro atoms. The van der Waals surface area contributed by atoms with Crippen molar-refractivity contribution in [1.82, 2.24) is 10.2 Å². The molecule has 2 aromatic carbocycles. The number of rotatable bonds is 5. The van der Waals surface area contributed by atoms with Crippen molar-refractivity contribution in [3.63, 3.8) is 0 Å². The van der Waals surface area contributed by atoms with Crippen LogP contribution < -0.4 is 10.2 Å². The maximum atomic E-state index is 12.5. The van der Waals surface area contributed by atoms with Crippen molar-refractivity contribution in [2.45, 2.75) is 31.8 Å². The van der Waals surface area contributed by atoms with Gasteiger partial charge < -0.3 is 10.2 Å². The number of carbonyl (C=O) groups excluding carboxylic acids is 2. The van der Waals surface area contributed by atoms with E-state index in [0.29, 0.717) is 26.2 Å². The number of hydrogen-bond donors (Lipinski definition) is 1. The Balaban J connectivity index is 1.51. The number of nitrogens with one attached hydrogen (secondary N) is 1. The molecule has 0 aliphatic carbocycles. The van der Waals surface area contributed by atoms with E-state index in [4.69, 9.17) is 0 Å². The van der Waals surface area contributed by atoms with E-state index in [1.165, 1.54) is 5.56 Å². The summed E-state index contributed by atoms with van der Waals surface area (Å²) >= 11 is 0. The minimum absolute atomic E-state index is 0.0683. The summed E-state index contributed by atoms with van der Waals surface area (Å²) in [4.78, 5) is 27.9. The van der Waals surface area contributed by atoms with Crippen LogP contribution in [0.25, 0.3) is 0 Å². The van der Waals surface area contributed by atoms with Crippen LogP contribution >= 0.6 is 0 Å². The molecule has 26 heavy (non-hydrogen) atoms. The molecule has 2 aromatic rings. The average Bonchev–Trinajstić information content (AvgIpc) is 3.21. The summed E-state index contributed by atoms with van der Waals surface area (Å²) in [7, 11) is 0. The summed E-state index contributed by atoms with van der Waals surface area (Å²) in [6.07, 6.45) is 2.37. The largest absolute Gasteiger partial charge is 0.342 e. The molecule has 2 aliphatic heterocycles. The van der Waals surface area contributed by atoms with Gasteiger partial charge in [-0.05, 0) is 36.1 Å². The van der Waals surface area contributed by atoms with Crippen LogP contribution in [0.15, 0.2) is 54.6 Å². The Bertz CT molecular complexity index is 806. The minimum atomic E-state index is 0.0683. The summed E-state index contributed by atoms with van der Waals surface area (Å²) in [6.45, 7) is 1.73. The standard InChI is InChI=1S/C21H23N3O2/c25-20-14-23(15-22-20)13-17-7-4-8-18(12-17)24-19(9-10-21(24)26)11-16-5-2-1-3-6-16/h1-8,12,19H,9-11,13-15H2,(H,22,25)/t19-/m0/s1. The lowest BCUT2D eigenvalue weighted by atomic mass is 10.0. The molecule has 2 fully saturated rings. The summed E-state index contributed by atoms with van der Waals surface area (Å²) in [5.41, 5.74) is 3.34. The first-order valence-corrected chi connectivity index (χ1v) is 9.13. The zero-order valence-corrected chi connectivity index (χ0v) is 14.7. The first kappa shape index (κ1) is 16.8. The molecule has 2 heterocycles. The quantitative estimate of drug-likeness (QED) is 0.901. The van der Waals surface area contributed by atoms with Crippen LogP contribution in [-0.2, 0) is 22.6 Å². The third kappa shape index (κ3) is 3.63. The first-order chi connectivity index (χ1) is 12.7. The Hall–Kier alpha value is -2.66. The minimum Gasteiger partial charge on any atom is -0.342 e. The third-order valence-electron chi connectivity index (χ3n) is 5.10. The van der Waals surface area contributed by atoms with Gasteiger partial charge >= 0.3 is 0 Å². The van der Waals surface area contributed by atoms with Crippen molar-refractivity contribution in [1.29, 1.82) is 0 Å². The second-order valence-electron chi connectivity index (χ2n) is 7.06. The van der Waals surface area contributed by atoms with Crippen LogP contribution in [0.4, 0.5) is 5.69 Å². The van der Waals surface area contributed by atoms with Crippen molar-refractivity contribution in [3.05, 3.63) is 65.7 Å². The average molecular weight is 349 g/mol. The highest BCUT2D eigenvalue weighted by Crippen LogP contribution is 2.29. The molecule has 1 atom stereocenters. The van der Waals surface area contributed by atoms with E-state index in [1.54, 1.807) is 0 Å². The fraction of sp³-hybridized carbons (Fsp3) is 0.333. The molecule has 0 saturated carbocycles. The Morgan fingerprint density at radius 3 is 2.58 bits per heavy atom. The van der Waals surface area contributed by atoms with Gasteiger partial charge in [-0.1, -0.05) is 42.5 Å². The van der Waals surface area contributed by atoms with Gasteiger partial charge in [0.25, 0.3) is 0 Å². The molecular weight excluding hydrogens is 326 g/mol. The monoisotopic (exact) mass is 349 g/mol. The fourth-order valence-corrected chi connectivity index (χ4v) is 3.87. The van der Waals surface area contributed by atoms with E-state index in [1.807, 2.05) is 35.2 Å². The van der Waals surface area contributed by atoms with Crippen molar-refractivity contribution in [2.75, 3.05) is 18.1 Å². The lowest BCUT2D eigenvalue weighted by molar-refractivity contribution is -0.118. The van der Waals surface area contributed by atoms with Crippen LogP contribution in [0.2, 0.25) is 0 Å². The van der Waals surface area contributed by atoms with Crippen molar-refractivity contribution >= 4 is 17.5 Å². The van der Waals surface area contributed by atoms with Crippen LogP contribution in [0.3, 0.4) is 0 Å². The third-order valence-corrected chi connectivity index (χ3v) is 5.10. The molecule has 1 N–H and O–H groups in total. The Morgan fingerprint density at radius 1 is 1.00 bits per heavy atom.